The number of halogens is 2. The third-order valence-corrected chi connectivity index (χ3v) is 4.88. The highest BCUT2D eigenvalue weighted by molar-refractivity contribution is 9.10. The maximum absolute atomic E-state index is 12.1. The molecule has 2 rings (SSSR count). The highest BCUT2D eigenvalue weighted by Crippen LogP contribution is 2.29. The zero-order valence-electron chi connectivity index (χ0n) is 11.1. The van der Waals surface area contributed by atoms with Gasteiger partial charge in [0.2, 0.25) is 0 Å². The first-order chi connectivity index (χ1) is 9.08. The Bertz CT molecular complexity index is 463. The minimum atomic E-state index is -0.0266. The minimum Gasteiger partial charge on any atom is -0.352 e. The van der Waals surface area contributed by atoms with E-state index in [4.69, 9.17) is 11.6 Å². The number of carbonyl (C=O) groups is 1. The van der Waals surface area contributed by atoms with Gasteiger partial charge in [-0.1, -0.05) is 37.8 Å². The van der Waals surface area contributed by atoms with Crippen LogP contribution in [0.25, 0.3) is 0 Å². The van der Waals surface area contributed by atoms with Gasteiger partial charge in [0.1, 0.15) is 0 Å². The van der Waals surface area contributed by atoms with Crippen LogP contribution in [0.15, 0.2) is 22.7 Å². The summed E-state index contributed by atoms with van der Waals surface area (Å²) in [6, 6.07) is 5.25. The van der Waals surface area contributed by atoms with Crippen molar-refractivity contribution in [3.8, 4) is 0 Å². The largest absolute Gasteiger partial charge is 0.352 e. The van der Waals surface area contributed by atoms with E-state index in [0.717, 1.165) is 11.0 Å². The van der Waals surface area contributed by atoms with Gasteiger partial charge in [-0.2, -0.15) is 0 Å². The number of amides is 1. The number of hydrogen-bond acceptors (Lipinski definition) is 1. The Hall–Kier alpha value is -0.540. The predicted octanol–water partition coefficient (Wildman–Crippen LogP) is 4.66. The van der Waals surface area contributed by atoms with E-state index < -0.39 is 0 Å². The monoisotopic (exact) mass is 343 g/mol. The van der Waals surface area contributed by atoms with Gasteiger partial charge < -0.3 is 5.32 Å². The van der Waals surface area contributed by atoms with Crippen molar-refractivity contribution in [3.05, 3.63) is 33.3 Å². The van der Waals surface area contributed by atoms with E-state index in [1.807, 2.05) is 0 Å². The second-order valence-corrected chi connectivity index (χ2v) is 6.65. The standard InChI is InChI=1S/C15H19BrClNO/c1-10-4-2-3-5-11(10)9-18-15(19)13-7-6-12(17)8-14(13)16/h6-8,10-11H,2-5,9H2,1H3,(H,18,19). The van der Waals surface area contributed by atoms with Crippen molar-refractivity contribution in [2.75, 3.05) is 6.54 Å². The van der Waals surface area contributed by atoms with E-state index in [1.165, 1.54) is 25.7 Å². The lowest BCUT2D eigenvalue weighted by atomic mass is 9.80. The lowest BCUT2D eigenvalue weighted by Gasteiger charge is -2.28. The smallest absolute Gasteiger partial charge is 0.252 e. The van der Waals surface area contributed by atoms with Gasteiger partial charge >= 0.3 is 0 Å². The molecule has 2 atom stereocenters. The van der Waals surface area contributed by atoms with Crippen LogP contribution in [-0.2, 0) is 0 Å². The highest BCUT2D eigenvalue weighted by Gasteiger charge is 2.22. The van der Waals surface area contributed by atoms with E-state index >= 15 is 0 Å². The Morgan fingerprint density at radius 1 is 1.42 bits per heavy atom. The fourth-order valence-corrected chi connectivity index (χ4v) is 3.55. The van der Waals surface area contributed by atoms with Crippen molar-refractivity contribution < 1.29 is 4.79 Å². The Morgan fingerprint density at radius 2 is 2.16 bits per heavy atom. The van der Waals surface area contributed by atoms with Gasteiger partial charge in [-0.25, -0.2) is 0 Å². The van der Waals surface area contributed by atoms with Crippen molar-refractivity contribution >= 4 is 33.4 Å². The first-order valence-electron chi connectivity index (χ1n) is 6.81. The highest BCUT2D eigenvalue weighted by atomic mass is 79.9. The van der Waals surface area contributed by atoms with E-state index in [2.05, 4.69) is 28.2 Å². The molecule has 1 aromatic rings. The summed E-state index contributed by atoms with van der Waals surface area (Å²) in [6.45, 7) is 3.06. The van der Waals surface area contributed by atoms with E-state index in [9.17, 15) is 4.79 Å². The quantitative estimate of drug-likeness (QED) is 0.849. The molecule has 0 aliphatic heterocycles. The van der Waals surface area contributed by atoms with E-state index in [1.54, 1.807) is 18.2 Å². The second-order valence-electron chi connectivity index (χ2n) is 5.36. The number of rotatable bonds is 3. The molecule has 2 nitrogen and oxygen atoms in total. The summed E-state index contributed by atoms with van der Waals surface area (Å²) >= 11 is 9.26. The summed E-state index contributed by atoms with van der Waals surface area (Å²) in [5, 5.41) is 3.68. The van der Waals surface area contributed by atoms with Gasteiger partial charge in [0.15, 0.2) is 0 Å². The normalized spacial score (nSPS) is 23.1. The lowest BCUT2D eigenvalue weighted by Crippen LogP contribution is -2.33. The second kappa shape index (κ2) is 6.76. The molecule has 1 saturated carbocycles. The zero-order valence-corrected chi connectivity index (χ0v) is 13.4. The van der Waals surface area contributed by atoms with Gasteiger partial charge in [0, 0.05) is 16.0 Å². The summed E-state index contributed by atoms with van der Waals surface area (Å²) in [5.74, 6) is 1.30. The molecular formula is C15H19BrClNO. The molecule has 1 aromatic carbocycles. The van der Waals surface area contributed by atoms with Crippen LogP contribution in [0.2, 0.25) is 5.02 Å². The molecule has 1 N–H and O–H groups in total. The molecule has 0 radical (unpaired) electrons. The topological polar surface area (TPSA) is 29.1 Å². The van der Waals surface area contributed by atoms with Crippen LogP contribution in [0.5, 0.6) is 0 Å². The van der Waals surface area contributed by atoms with Gasteiger partial charge in [0.05, 0.1) is 5.56 Å². The Balaban J connectivity index is 1.93. The lowest BCUT2D eigenvalue weighted by molar-refractivity contribution is 0.0935. The van der Waals surface area contributed by atoms with Crippen LogP contribution in [0.3, 0.4) is 0 Å². The maximum Gasteiger partial charge on any atom is 0.252 e. The van der Waals surface area contributed by atoms with Crippen LogP contribution in [0.1, 0.15) is 43.0 Å². The summed E-state index contributed by atoms with van der Waals surface area (Å²) in [7, 11) is 0. The Labute approximate surface area is 128 Å². The molecule has 4 heteroatoms. The molecule has 1 aliphatic rings. The van der Waals surface area contributed by atoms with Crippen molar-refractivity contribution in [2.24, 2.45) is 11.8 Å². The molecule has 0 spiro atoms. The molecule has 0 heterocycles. The SMILES string of the molecule is CC1CCCCC1CNC(=O)c1ccc(Cl)cc1Br. The molecule has 2 unspecified atom stereocenters. The van der Waals surface area contributed by atoms with Crippen LogP contribution >= 0.6 is 27.5 Å². The fraction of sp³-hybridized carbons (Fsp3) is 0.533. The number of carbonyl (C=O) groups excluding carboxylic acids is 1. The first-order valence-corrected chi connectivity index (χ1v) is 7.98. The molecule has 0 aromatic heterocycles. The van der Waals surface area contributed by atoms with Crippen LogP contribution in [-0.4, -0.2) is 12.5 Å². The van der Waals surface area contributed by atoms with Gasteiger partial charge in [0.25, 0.3) is 5.91 Å². The minimum absolute atomic E-state index is 0.0266. The molecule has 19 heavy (non-hydrogen) atoms. The Morgan fingerprint density at radius 3 is 2.84 bits per heavy atom. The van der Waals surface area contributed by atoms with Crippen LogP contribution in [0.4, 0.5) is 0 Å². The van der Waals surface area contributed by atoms with Crippen molar-refractivity contribution in [3.63, 3.8) is 0 Å². The van der Waals surface area contributed by atoms with Crippen molar-refractivity contribution in [2.45, 2.75) is 32.6 Å². The average Bonchev–Trinajstić information content (AvgIpc) is 2.37. The van der Waals surface area contributed by atoms with Gasteiger partial charge in [-0.3, -0.25) is 4.79 Å². The molecule has 1 aliphatic carbocycles. The van der Waals surface area contributed by atoms with Gasteiger partial charge in [-0.05, 0) is 52.4 Å². The summed E-state index contributed by atoms with van der Waals surface area (Å²) in [6.07, 6.45) is 5.12. The molecule has 104 valence electrons. The molecular weight excluding hydrogens is 326 g/mol. The number of benzene rings is 1. The van der Waals surface area contributed by atoms with E-state index in [-0.39, 0.29) is 5.91 Å². The third-order valence-electron chi connectivity index (χ3n) is 3.99. The zero-order chi connectivity index (χ0) is 13.8. The number of hydrogen-bond donors (Lipinski definition) is 1. The fourth-order valence-electron chi connectivity index (χ4n) is 2.69. The molecule has 0 bridgehead atoms. The molecule has 0 saturated heterocycles. The summed E-state index contributed by atoms with van der Waals surface area (Å²) in [4.78, 5) is 12.1. The van der Waals surface area contributed by atoms with Crippen molar-refractivity contribution in [1.29, 1.82) is 0 Å². The Kier molecular flexibility index (Phi) is 5.28. The summed E-state index contributed by atoms with van der Waals surface area (Å²) < 4.78 is 0.745. The number of nitrogens with one attached hydrogen (secondary N) is 1. The first kappa shape index (κ1) is 14.9. The van der Waals surface area contributed by atoms with Crippen LogP contribution in [0, 0.1) is 11.8 Å². The third kappa shape index (κ3) is 3.96. The van der Waals surface area contributed by atoms with E-state index in [0.29, 0.717) is 22.4 Å². The summed E-state index contributed by atoms with van der Waals surface area (Å²) in [5.41, 5.74) is 0.646. The van der Waals surface area contributed by atoms with Crippen molar-refractivity contribution in [1.82, 2.24) is 5.32 Å². The predicted molar refractivity (Wildman–Crippen MR) is 82.6 cm³/mol. The molecule has 1 fully saturated rings. The average molecular weight is 345 g/mol. The van der Waals surface area contributed by atoms with Crippen LogP contribution < -0.4 is 5.32 Å². The molecule has 1 amide bonds. The maximum atomic E-state index is 12.1. The van der Waals surface area contributed by atoms with Gasteiger partial charge in [-0.15, -0.1) is 0 Å².